The molecule has 0 bridgehead atoms. The van der Waals surface area contributed by atoms with Gasteiger partial charge >= 0.3 is 0 Å². The zero-order chi connectivity index (χ0) is 8.97. The van der Waals surface area contributed by atoms with Crippen molar-refractivity contribution in [2.24, 2.45) is 0 Å². The van der Waals surface area contributed by atoms with Gasteiger partial charge in [0.25, 0.3) is 0 Å². The summed E-state index contributed by atoms with van der Waals surface area (Å²) in [5.74, 6) is 0. The largest absolute Gasteiger partial charge is 0.320 e. The maximum absolute atomic E-state index is 11.9. The Balaban J connectivity index is 2.78. The van der Waals surface area contributed by atoms with Gasteiger partial charge in [-0.15, -0.1) is 4.48 Å². The molecule has 0 saturated carbocycles. The van der Waals surface area contributed by atoms with Crippen molar-refractivity contribution in [3.63, 3.8) is 0 Å². The van der Waals surface area contributed by atoms with Crippen LogP contribution in [0, 0.1) is 0 Å². The summed E-state index contributed by atoms with van der Waals surface area (Å²) in [7, 11) is 1.70. The monoisotopic (exact) mass is 184 g/mol. The summed E-state index contributed by atoms with van der Waals surface area (Å²) in [4.78, 5) is 1.55. The number of para-hydroxylation sites is 1. The molecule has 1 rings (SSSR count). The molecule has 0 aliphatic heterocycles. The molecule has 4 heteroatoms. The Labute approximate surface area is 75.9 Å². The zero-order valence-corrected chi connectivity index (χ0v) is 7.44. The van der Waals surface area contributed by atoms with Crippen LogP contribution in [-0.2, 0) is 0 Å². The Kier molecular flexibility index (Phi) is 2.99. The Morgan fingerprint density at radius 3 is 2.50 bits per heavy atom. The van der Waals surface area contributed by atoms with Gasteiger partial charge in [0.05, 0.1) is 0 Å². The molecule has 1 aromatic carbocycles. The van der Waals surface area contributed by atoms with Crippen molar-refractivity contribution in [1.29, 1.82) is 0 Å². The molecule has 0 radical (unpaired) electrons. The van der Waals surface area contributed by atoms with Gasteiger partial charge in [-0.05, 0) is 24.4 Å². The minimum Gasteiger partial charge on any atom is -0.320 e. The number of hydrogen-bond acceptors (Lipinski definition) is 1. The summed E-state index contributed by atoms with van der Waals surface area (Å²) >= 11 is 4.70. The van der Waals surface area contributed by atoms with Crippen molar-refractivity contribution in [2.75, 3.05) is 11.9 Å². The number of halogens is 1. The molecule has 1 aromatic rings. The van der Waals surface area contributed by atoms with Gasteiger partial charge in [-0.25, -0.2) is 0 Å². The molecule has 12 heavy (non-hydrogen) atoms. The van der Waals surface area contributed by atoms with E-state index in [1.165, 1.54) is 5.54 Å². The van der Waals surface area contributed by atoms with Crippen molar-refractivity contribution in [1.82, 2.24) is 5.54 Å². The molecular formula is C8H9FN2S. The Morgan fingerprint density at radius 2 is 2.00 bits per heavy atom. The Morgan fingerprint density at radius 1 is 1.42 bits per heavy atom. The maximum atomic E-state index is 11.9. The first kappa shape index (κ1) is 8.93. The summed E-state index contributed by atoms with van der Waals surface area (Å²) in [6, 6.07) is 9.33. The molecule has 0 aliphatic carbocycles. The fourth-order valence-corrected chi connectivity index (χ4v) is 0.938. The second kappa shape index (κ2) is 4.01. The third-order valence-electron chi connectivity index (χ3n) is 1.53. The number of nitrogens with one attached hydrogen (secondary N) is 1. The van der Waals surface area contributed by atoms with Gasteiger partial charge in [-0.2, -0.15) is 5.54 Å². The lowest BCUT2D eigenvalue weighted by Gasteiger charge is -2.17. The summed E-state index contributed by atoms with van der Waals surface area (Å²) in [5.41, 5.74) is 2.27. The summed E-state index contributed by atoms with van der Waals surface area (Å²) in [6.45, 7) is 0. The van der Waals surface area contributed by atoms with Crippen molar-refractivity contribution in [2.45, 2.75) is 0 Å². The number of benzene rings is 1. The number of thiocarbonyl (C=S) groups is 1. The second-order valence-corrected chi connectivity index (χ2v) is 2.68. The van der Waals surface area contributed by atoms with Crippen LogP contribution in [-0.4, -0.2) is 12.2 Å². The van der Waals surface area contributed by atoms with E-state index in [0.717, 1.165) is 5.69 Å². The van der Waals surface area contributed by atoms with Crippen LogP contribution in [0.5, 0.6) is 0 Å². The lowest BCUT2D eigenvalue weighted by Crippen LogP contribution is -2.32. The van der Waals surface area contributed by atoms with Crippen LogP contribution in [0.4, 0.5) is 10.2 Å². The van der Waals surface area contributed by atoms with E-state index in [4.69, 9.17) is 12.2 Å². The first-order valence-electron chi connectivity index (χ1n) is 3.45. The molecule has 0 unspecified atom stereocenters. The van der Waals surface area contributed by atoms with Crippen molar-refractivity contribution in [3.05, 3.63) is 30.3 Å². The van der Waals surface area contributed by atoms with Gasteiger partial charge in [-0.3, -0.25) is 0 Å². The van der Waals surface area contributed by atoms with Crippen LogP contribution in [0.1, 0.15) is 0 Å². The third kappa shape index (κ3) is 1.92. The Hall–Kier alpha value is -1.16. The van der Waals surface area contributed by atoms with E-state index in [0.29, 0.717) is 0 Å². The molecular weight excluding hydrogens is 175 g/mol. The fourth-order valence-electron chi connectivity index (χ4n) is 0.832. The zero-order valence-electron chi connectivity index (χ0n) is 6.62. The molecule has 0 aromatic heterocycles. The average Bonchev–Trinajstić information content (AvgIpc) is 2.17. The summed E-state index contributed by atoms with van der Waals surface area (Å²) in [6.07, 6.45) is 0. The highest BCUT2D eigenvalue weighted by Crippen LogP contribution is 2.10. The van der Waals surface area contributed by atoms with Gasteiger partial charge in [-0.1, -0.05) is 18.2 Å². The minimum atomic E-state index is 0.0567. The van der Waals surface area contributed by atoms with E-state index < -0.39 is 0 Å². The molecule has 0 heterocycles. The predicted octanol–water partition coefficient (Wildman–Crippen LogP) is 1.88. The number of hydrogen-bond donors (Lipinski definition) is 1. The molecule has 2 nitrogen and oxygen atoms in total. The molecule has 0 fully saturated rings. The summed E-state index contributed by atoms with van der Waals surface area (Å²) < 4.78 is 11.9. The molecule has 0 amide bonds. The fraction of sp³-hybridized carbons (Fsp3) is 0.125. The van der Waals surface area contributed by atoms with Crippen LogP contribution in [0.15, 0.2) is 30.3 Å². The van der Waals surface area contributed by atoms with Crippen molar-refractivity contribution < 1.29 is 4.48 Å². The van der Waals surface area contributed by atoms with Gasteiger partial charge in [0.15, 0.2) is 0 Å². The predicted molar refractivity (Wildman–Crippen MR) is 51.7 cm³/mol. The first-order chi connectivity index (χ1) is 5.75. The number of nitrogens with zero attached hydrogens (tertiary/aromatic N) is 1. The van der Waals surface area contributed by atoms with Gasteiger partial charge < -0.3 is 4.90 Å². The van der Waals surface area contributed by atoms with Gasteiger partial charge in [0.1, 0.15) is 0 Å². The number of rotatable bonds is 1. The van der Waals surface area contributed by atoms with Crippen molar-refractivity contribution in [3.8, 4) is 0 Å². The van der Waals surface area contributed by atoms with E-state index in [1.807, 2.05) is 30.3 Å². The van der Waals surface area contributed by atoms with Crippen LogP contribution in [0.25, 0.3) is 0 Å². The molecule has 1 N–H and O–H groups in total. The van der Waals surface area contributed by atoms with Gasteiger partial charge in [0.2, 0.25) is 5.11 Å². The highest BCUT2D eigenvalue weighted by Gasteiger charge is 2.03. The smallest absolute Gasteiger partial charge is 0.201 e. The average molecular weight is 184 g/mol. The molecule has 0 aliphatic rings. The van der Waals surface area contributed by atoms with Crippen LogP contribution in [0.2, 0.25) is 0 Å². The molecule has 64 valence electrons. The lowest BCUT2D eigenvalue weighted by molar-refractivity contribution is 0.434. The normalized spacial score (nSPS) is 9.17. The highest BCUT2D eigenvalue weighted by atomic mass is 32.1. The van der Waals surface area contributed by atoms with E-state index in [2.05, 4.69) is 0 Å². The first-order valence-corrected chi connectivity index (χ1v) is 3.86. The van der Waals surface area contributed by atoms with E-state index in [-0.39, 0.29) is 5.11 Å². The maximum Gasteiger partial charge on any atom is 0.201 e. The van der Waals surface area contributed by atoms with E-state index in [9.17, 15) is 4.48 Å². The van der Waals surface area contributed by atoms with Crippen LogP contribution in [0.3, 0.4) is 0 Å². The lowest BCUT2D eigenvalue weighted by atomic mass is 10.3. The Bertz CT molecular complexity index is 263. The quantitative estimate of drug-likeness (QED) is 0.530. The van der Waals surface area contributed by atoms with Gasteiger partial charge in [0, 0.05) is 12.7 Å². The molecule has 0 spiro atoms. The number of anilines is 1. The van der Waals surface area contributed by atoms with E-state index in [1.54, 1.807) is 11.9 Å². The second-order valence-electron chi connectivity index (χ2n) is 2.29. The molecule has 0 atom stereocenters. The van der Waals surface area contributed by atoms with Crippen LogP contribution < -0.4 is 10.4 Å². The topological polar surface area (TPSA) is 15.3 Å². The minimum absolute atomic E-state index is 0.0567. The van der Waals surface area contributed by atoms with Crippen molar-refractivity contribution >= 4 is 23.0 Å². The SMILES string of the molecule is CN(C(=S)NF)c1ccccc1. The van der Waals surface area contributed by atoms with Crippen LogP contribution >= 0.6 is 12.2 Å². The van der Waals surface area contributed by atoms with E-state index >= 15 is 0 Å². The highest BCUT2D eigenvalue weighted by molar-refractivity contribution is 7.80. The summed E-state index contributed by atoms with van der Waals surface area (Å²) in [5, 5.41) is 0.0567. The molecule has 0 saturated heterocycles. The standard InChI is InChI=1S/C8H9FN2S/c1-11(8(12)10-9)7-5-3-2-4-6-7/h2-6H,1H3,(H,10,12). The third-order valence-corrected chi connectivity index (χ3v) is 1.88.